The van der Waals surface area contributed by atoms with Gasteiger partial charge in [-0.25, -0.2) is 14.5 Å². The molecule has 2 amide bonds. The van der Waals surface area contributed by atoms with Crippen LogP contribution in [0.1, 0.15) is 49.5 Å². The first-order valence-corrected chi connectivity index (χ1v) is 14.6. The van der Waals surface area contributed by atoms with Gasteiger partial charge in [-0.3, -0.25) is 14.1 Å². The Morgan fingerprint density at radius 1 is 1.10 bits per heavy atom. The highest BCUT2D eigenvalue weighted by Gasteiger charge is 2.41. The summed E-state index contributed by atoms with van der Waals surface area (Å²) in [4.78, 5) is 31.6. The van der Waals surface area contributed by atoms with Crippen molar-refractivity contribution in [2.75, 3.05) is 13.1 Å². The molecule has 1 aliphatic carbocycles. The number of hydrogen-bond acceptors (Lipinski definition) is 6. The average molecular weight is 561 g/mol. The molecule has 6 rings (SSSR count). The summed E-state index contributed by atoms with van der Waals surface area (Å²) in [5, 5.41) is 7.45. The number of likely N-dealkylation sites (tertiary alicyclic amines) is 1. The van der Waals surface area contributed by atoms with Crippen LogP contribution in [0.5, 0.6) is 0 Å². The highest BCUT2D eigenvalue weighted by Crippen LogP contribution is 2.28. The Labute approximate surface area is 235 Å². The van der Waals surface area contributed by atoms with Gasteiger partial charge in [0.25, 0.3) is 5.91 Å². The zero-order valence-electron chi connectivity index (χ0n) is 23.0. The van der Waals surface area contributed by atoms with E-state index in [1.54, 1.807) is 22.0 Å². The summed E-state index contributed by atoms with van der Waals surface area (Å²) < 4.78 is 22.3. The lowest BCUT2D eigenvalue weighted by Crippen LogP contribution is -2.57. The molecule has 1 N–H and O–H groups in total. The number of rotatable bonds is 6. The smallest absolute Gasteiger partial charge is 0.410 e. The molecule has 208 valence electrons. The molecule has 3 aromatic heterocycles. The second kappa shape index (κ2) is 9.97. The van der Waals surface area contributed by atoms with Gasteiger partial charge in [-0.1, -0.05) is 6.07 Å². The Bertz CT molecular complexity index is 1600. The van der Waals surface area contributed by atoms with Crippen molar-refractivity contribution in [1.82, 2.24) is 29.4 Å². The molecular weight excluding hydrogens is 528 g/mol. The number of amides is 2. The molecule has 10 nitrogen and oxygen atoms in total. The molecule has 1 aliphatic heterocycles. The van der Waals surface area contributed by atoms with Gasteiger partial charge < -0.3 is 14.6 Å². The van der Waals surface area contributed by atoms with Crippen molar-refractivity contribution in [3.8, 4) is 16.9 Å². The molecule has 11 heteroatoms. The standard InChI is InChI=1S/C29H32N6O4S/c1-18-5-6-19(27(36)32-21-7-8-21)11-24(18)20-12-31-35(14-20)26-13-30-25-10-9-22(17-34(25)26)40(38)23-15-33(16-23)28(37)39-29(2,3)4/h5-6,9-14,17,21,23H,7-8,15-16H2,1-4H3,(H,32,36). The zero-order chi connectivity index (χ0) is 28.2. The lowest BCUT2D eigenvalue weighted by molar-refractivity contribution is 0.0138. The first-order valence-electron chi connectivity index (χ1n) is 13.4. The van der Waals surface area contributed by atoms with Crippen LogP contribution in [0, 0.1) is 6.92 Å². The molecule has 1 saturated heterocycles. The van der Waals surface area contributed by atoms with Crippen LogP contribution in [0.2, 0.25) is 0 Å². The second-order valence-electron chi connectivity index (χ2n) is 11.5. The van der Waals surface area contributed by atoms with E-state index in [9.17, 15) is 14.1 Å². The van der Waals surface area contributed by atoms with Crippen molar-refractivity contribution >= 4 is 28.8 Å². The molecule has 0 radical (unpaired) electrons. The summed E-state index contributed by atoms with van der Waals surface area (Å²) >= 11 is -1.31. The normalized spacial score (nSPS) is 16.6. The largest absolute Gasteiger partial charge is 0.611 e. The number of ether oxygens (including phenoxy) is 1. The monoisotopic (exact) mass is 560 g/mol. The Kier molecular flexibility index (Phi) is 6.58. The molecule has 4 heterocycles. The van der Waals surface area contributed by atoms with E-state index in [-0.39, 0.29) is 17.3 Å². The zero-order valence-corrected chi connectivity index (χ0v) is 23.8. The van der Waals surface area contributed by atoms with Crippen LogP contribution in [0.25, 0.3) is 22.6 Å². The van der Waals surface area contributed by atoms with E-state index in [0.717, 1.165) is 29.5 Å². The van der Waals surface area contributed by atoms with E-state index < -0.39 is 16.8 Å². The van der Waals surface area contributed by atoms with Crippen LogP contribution >= 0.6 is 0 Å². The SMILES string of the molecule is Cc1ccc(C(=O)NC2CC2)cc1-c1cnn(-c2cnc3ccc([S+]([O-])C4CN(C(=O)OC(C)(C)C)C4)cn23)c1. The number of imidazole rings is 1. The average Bonchev–Trinajstić information content (AvgIpc) is 3.38. The van der Waals surface area contributed by atoms with E-state index in [2.05, 4.69) is 15.4 Å². The molecule has 0 spiro atoms. The predicted octanol–water partition coefficient (Wildman–Crippen LogP) is 4.11. The van der Waals surface area contributed by atoms with Gasteiger partial charge in [-0.15, -0.1) is 0 Å². The molecule has 4 aromatic rings. The molecule has 1 atom stereocenters. The lowest BCUT2D eigenvalue weighted by Gasteiger charge is -2.39. The summed E-state index contributed by atoms with van der Waals surface area (Å²) in [6, 6.07) is 9.65. The van der Waals surface area contributed by atoms with Gasteiger partial charge in [-0.2, -0.15) is 5.10 Å². The number of benzene rings is 1. The molecule has 1 unspecified atom stereocenters. The Morgan fingerprint density at radius 3 is 2.60 bits per heavy atom. The number of nitrogens with zero attached hydrogens (tertiary/aromatic N) is 5. The van der Waals surface area contributed by atoms with Gasteiger partial charge in [0.15, 0.2) is 16.0 Å². The third-order valence-electron chi connectivity index (χ3n) is 7.03. The topological polar surface area (TPSA) is 117 Å². The van der Waals surface area contributed by atoms with Crippen molar-refractivity contribution in [3.63, 3.8) is 0 Å². The number of hydrogen-bond donors (Lipinski definition) is 1. The number of pyridine rings is 1. The van der Waals surface area contributed by atoms with Crippen molar-refractivity contribution in [1.29, 1.82) is 0 Å². The minimum atomic E-state index is -1.31. The molecule has 40 heavy (non-hydrogen) atoms. The Balaban J connectivity index is 1.21. The number of nitrogens with one attached hydrogen (secondary N) is 1. The predicted molar refractivity (Wildman–Crippen MR) is 151 cm³/mol. The number of carbonyl (C=O) groups is 2. The molecular formula is C29H32N6O4S. The second-order valence-corrected chi connectivity index (χ2v) is 13.2. The highest BCUT2D eigenvalue weighted by atomic mass is 32.2. The molecule has 2 aliphatic rings. The van der Waals surface area contributed by atoms with Crippen molar-refractivity contribution in [2.45, 2.75) is 62.3 Å². The Morgan fingerprint density at radius 2 is 1.88 bits per heavy atom. The maximum Gasteiger partial charge on any atom is 0.410 e. The fourth-order valence-corrected chi connectivity index (χ4v) is 6.06. The quantitative estimate of drug-likeness (QED) is 0.355. The van der Waals surface area contributed by atoms with Crippen molar-refractivity contribution in [2.24, 2.45) is 0 Å². The van der Waals surface area contributed by atoms with Crippen molar-refractivity contribution in [3.05, 3.63) is 66.2 Å². The minimum absolute atomic E-state index is 0.0564. The number of aryl methyl sites for hydroxylation is 1. The third-order valence-corrected chi connectivity index (χ3v) is 8.64. The van der Waals surface area contributed by atoms with Crippen LogP contribution in [0.4, 0.5) is 4.79 Å². The van der Waals surface area contributed by atoms with Gasteiger partial charge in [0.05, 0.1) is 31.7 Å². The molecule has 1 saturated carbocycles. The maximum absolute atomic E-state index is 13.3. The van der Waals surface area contributed by atoms with Crippen molar-refractivity contribution < 1.29 is 18.9 Å². The number of fused-ring (bicyclic) bond motifs is 1. The first kappa shape index (κ1) is 26.4. The molecule has 1 aromatic carbocycles. The van der Waals surface area contributed by atoms with Crippen LogP contribution in [0.15, 0.2) is 60.0 Å². The van der Waals surface area contributed by atoms with E-state index in [4.69, 9.17) is 4.74 Å². The third kappa shape index (κ3) is 5.31. The summed E-state index contributed by atoms with van der Waals surface area (Å²) in [6.07, 6.45) is 8.91. The summed E-state index contributed by atoms with van der Waals surface area (Å²) in [7, 11) is 0. The fourth-order valence-electron chi connectivity index (χ4n) is 4.64. The van der Waals surface area contributed by atoms with Gasteiger partial charge in [0, 0.05) is 23.4 Å². The molecule has 0 bridgehead atoms. The highest BCUT2D eigenvalue weighted by molar-refractivity contribution is 7.92. The van der Waals surface area contributed by atoms with E-state index in [1.807, 2.05) is 74.8 Å². The molecule has 2 fully saturated rings. The summed E-state index contributed by atoms with van der Waals surface area (Å²) in [5.74, 6) is 0.642. The van der Waals surface area contributed by atoms with Gasteiger partial charge >= 0.3 is 6.09 Å². The fraction of sp³-hybridized carbons (Fsp3) is 0.379. The first-order chi connectivity index (χ1) is 19.1. The summed E-state index contributed by atoms with van der Waals surface area (Å²) in [6.45, 7) is 8.26. The van der Waals surface area contributed by atoms with E-state index in [1.165, 1.54) is 0 Å². The Hall–Kier alpha value is -3.83. The van der Waals surface area contributed by atoms with Crippen LogP contribution < -0.4 is 5.32 Å². The van der Waals surface area contributed by atoms with Gasteiger partial charge in [0.1, 0.15) is 11.2 Å². The van der Waals surface area contributed by atoms with Gasteiger partial charge in [-0.05, 0) is 87.1 Å². The number of aromatic nitrogens is 4. The summed E-state index contributed by atoms with van der Waals surface area (Å²) in [5.41, 5.74) is 3.62. The lowest BCUT2D eigenvalue weighted by atomic mass is 10.0. The minimum Gasteiger partial charge on any atom is -0.611 e. The van der Waals surface area contributed by atoms with E-state index >= 15 is 0 Å². The van der Waals surface area contributed by atoms with Crippen LogP contribution in [-0.4, -0.2) is 70.6 Å². The number of carbonyl (C=O) groups excluding carboxylic acids is 2. The van der Waals surface area contributed by atoms with E-state index in [0.29, 0.717) is 41.1 Å². The maximum atomic E-state index is 13.3. The van der Waals surface area contributed by atoms with Crippen LogP contribution in [-0.2, 0) is 15.9 Å². The van der Waals surface area contributed by atoms with Crippen LogP contribution in [0.3, 0.4) is 0 Å². The van der Waals surface area contributed by atoms with Gasteiger partial charge in [0.2, 0.25) is 0 Å².